The van der Waals surface area contributed by atoms with Crippen molar-refractivity contribution < 1.29 is 13.7 Å². The molecule has 0 aliphatic carbocycles. The maximum Gasteiger partial charge on any atom is 0.270 e. The highest BCUT2D eigenvalue weighted by Gasteiger charge is 2.13. The van der Waals surface area contributed by atoms with Gasteiger partial charge in [0.05, 0.1) is 16.7 Å². The molecule has 15 heavy (non-hydrogen) atoms. The molecule has 0 fully saturated rings. The summed E-state index contributed by atoms with van der Waals surface area (Å²) in [5.74, 6) is -0.272. The third-order valence-electron chi connectivity index (χ3n) is 1.95. The largest absolute Gasteiger partial charge is 0.464 e. The maximum atomic E-state index is 13.3. The molecule has 0 radical (unpaired) electrons. The number of nitro benzene ring substituents is 1. The van der Waals surface area contributed by atoms with Crippen LogP contribution in [0.5, 0.6) is 0 Å². The van der Waals surface area contributed by atoms with Crippen LogP contribution >= 0.6 is 0 Å². The SMILES string of the molecule is O=[N+]([O-])c1ccc(F)c(-c2ccco2)c1. The van der Waals surface area contributed by atoms with Crippen LogP contribution in [0.1, 0.15) is 0 Å². The van der Waals surface area contributed by atoms with Gasteiger partial charge in [-0.05, 0) is 18.2 Å². The highest BCUT2D eigenvalue weighted by Crippen LogP contribution is 2.27. The van der Waals surface area contributed by atoms with E-state index >= 15 is 0 Å². The van der Waals surface area contributed by atoms with Crippen molar-refractivity contribution in [3.63, 3.8) is 0 Å². The number of hydrogen-bond donors (Lipinski definition) is 0. The molecule has 76 valence electrons. The van der Waals surface area contributed by atoms with E-state index in [2.05, 4.69) is 0 Å². The molecular weight excluding hydrogens is 201 g/mol. The summed E-state index contributed by atoms with van der Waals surface area (Å²) in [6, 6.07) is 6.45. The summed E-state index contributed by atoms with van der Waals surface area (Å²) >= 11 is 0. The zero-order chi connectivity index (χ0) is 10.8. The third-order valence-corrected chi connectivity index (χ3v) is 1.95. The highest BCUT2D eigenvalue weighted by molar-refractivity contribution is 5.61. The number of nitrogens with zero attached hydrogens (tertiary/aromatic N) is 1. The van der Waals surface area contributed by atoms with E-state index in [0.29, 0.717) is 0 Å². The predicted molar refractivity (Wildman–Crippen MR) is 50.8 cm³/mol. The average Bonchev–Trinajstić information content (AvgIpc) is 2.71. The van der Waals surface area contributed by atoms with Gasteiger partial charge in [0.15, 0.2) is 0 Å². The van der Waals surface area contributed by atoms with Crippen LogP contribution in [0, 0.1) is 15.9 Å². The van der Waals surface area contributed by atoms with Gasteiger partial charge in [-0.25, -0.2) is 4.39 Å². The van der Waals surface area contributed by atoms with Crippen molar-refractivity contribution in [2.24, 2.45) is 0 Å². The molecular formula is C10H6FNO3. The van der Waals surface area contributed by atoms with Crippen LogP contribution in [0.3, 0.4) is 0 Å². The van der Waals surface area contributed by atoms with Gasteiger partial charge in [-0.3, -0.25) is 10.1 Å². The van der Waals surface area contributed by atoms with Crippen molar-refractivity contribution in [2.75, 3.05) is 0 Å². The smallest absolute Gasteiger partial charge is 0.270 e. The Balaban J connectivity index is 2.55. The summed E-state index contributed by atoms with van der Waals surface area (Å²) in [5.41, 5.74) is -0.0722. The Labute approximate surface area is 84.1 Å². The summed E-state index contributed by atoms with van der Waals surface area (Å²) in [4.78, 5) is 9.91. The molecule has 0 saturated carbocycles. The first kappa shape index (κ1) is 9.39. The number of hydrogen-bond acceptors (Lipinski definition) is 3. The van der Waals surface area contributed by atoms with E-state index in [9.17, 15) is 14.5 Å². The Hall–Kier alpha value is -2.17. The zero-order valence-corrected chi connectivity index (χ0v) is 7.51. The summed E-state index contributed by atoms with van der Waals surface area (Å²) in [7, 11) is 0. The van der Waals surface area contributed by atoms with Gasteiger partial charge in [0.25, 0.3) is 5.69 Å². The first-order chi connectivity index (χ1) is 7.18. The topological polar surface area (TPSA) is 56.3 Å². The van der Waals surface area contributed by atoms with Gasteiger partial charge < -0.3 is 4.42 Å². The molecule has 0 aliphatic heterocycles. The molecule has 1 heterocycles. The monoisotopic (exact) mass is 207 g/mol. The van der Waals surface area contributed by atoms with Crippen LogP contribution in [0.15, 0.2) is 41.0 Å². The van der Waals surface area contributed by atoms with E-state index in [1.807, 2.05) is 0 Å². The van der Waals surface area contributed by atoms with E-state index in [0.717, 1.165) is 18.2 Å². The standard InChI is InChI=1S/C10H6FNO3/c11-9-4-3-7(12(13)14)6-8(9)10-2-1-5-15-10/h1-6H. The molecule has 0 N–H and O–H groups in total. The van der Waals surface area contributed by atoms with E-state index in [1.165, 1.54) is 6.26 Å². The van der Waals surface area contributed by atoms with Crippen molar-refractivity contribution in [3.8, 4) is 11.3 Å². The predicted octanol–water partition coefficient (Wildman–Crippen LogP) is 2.99. The molecule has 0 aliphatic rings. The zero-order valence-electron chi connectivity index (χ0n) is 7.51. The minimum absolute atomic E-state index is 0.0919. The van der Waals surface area contributed by atoms with Gasteiger partial charge in [0.2, 0.25) is 0 Å². The fourth-order valence-electron chi connectivity index (χ4n) is 1.25. The van der Waals surface area contributed by atoms with Crippen LogP contribution in [-0.4, -0.2) is 4.92 Å². The lowest BCUT2D eigenvalue weighted by Crippen LogP contribution is -1.90. The number of rotatable bonds is 2. The summed E-state index contributed by atoms with van der Waals surface area (Å²) in [5, 5.41) is 10.5. The van der Waals surface area contributed by atoms with Gasteiger partial charge in [0.1, 0.15) is 11.6 Å². The maximum absolute atomic E-state index is 13.3. The molecule has 1 aromatic carbocycles. The lowest BCUT2D eigenvalue weighted by molar-refractivity contribution is -0.384. The Kier molecular flexibility index (Phi) is 2.21. The lowest BCUT2D eigenvalue weighted by Gasteiger charge is -1.98. The quantitative estimate of drug-likeness (QED) is 0.561. The van der Waals surface area contributed by atoms with Crippen LogP contribution < -0.4 is 0 Å². The summed E-state index contributed by atoms with van der Waals surface area (Å²) < 4.78 is 18.3. The molecule has 0 atom stereocenters. The number of non-ortho nitro benzene ring substituents is 1. The van der Waals surface area contributed by atoms with Crippen LogP contribution in [0.2, 0.25) is 0 Å². The minimum atomic E-state index is -0.577. The second kappa shape index (κ2) is 3.53. The van der Waals surface area contributed by atoms with Crippen molar-refractivity contribution in [3.05, 3.63) is 52.5 Å². The molecule has 0 bridgehead atoms. The molecule has 0 spiro atoms. The summed E-state index contributed by atoms with van der Waals surface area (Å²) in [6.07, 6.45) is 1.38. The van der Waals surface area contributed by atoms with Crippen molar-refractivity contribution in [1.82, 2.24) is 0 Å². The Morgan fingerprint density at radius 1 is 1.33 bits per heavy atom. The Morgan fingerprint density at radius 2 is 2.13 bits per heavy atom. The third kappa shape index (κ3) is 1.71. The molecule has 2 aromatic rings. The van der Waals surface area contributed by atoms with E-state index in [4.69, 9.17) is 4.42 Å². The Morgan fingerprint density at radius 3 is 2.73 bits per heavy atom. The molecule has 0 amide bonds. The highest BCUT2D eigenvalue weighted by atomic mass is 19.1. The molecule has 1 aromatic heterocycles. The van der Waals surface area contributed by atoms with Gasteiger partial charge in [0, 0.05) is 12.1 Å². The molecule has 0 unspecified atom stereocenters. The van der Waals surface area contributed by atoms with Crippen molar-refractivity contribution in [2.45, 2.75) is 0 Å². The van der Waals surface area contributed by atoms with Gasteiger partial charge in [-0.1, -0.05) is 0 Å². The lowest BCUT2D eigenvalue weighted by atomic mass is 10.1. The van der Waals surface area contributed by atoms with Gasteiger partial charge >= 0.3 is 0 Å². The fraction of sp³-hybridized carbons (Fsp3) is 0. The second-order valence-corrected chi connectivity index (χ2v) is 2.90. The molecule has 0 saturated heterocycles. The fourth-order valence-corrected chi connectivity index (χ4v) is 1.25. The number of halogens is 1. The van der Waals surface area contributed by atoms with E-state index < -0.39 is 10.7 Å². The molecule has 5 heteroatoms. The Bertz CT molecular complexity index is 493. The summed E-state index contributed by atoms with van der Waals surface area (Å²) in [6.45, 7) is 0. The van der Waals surface area contributed by atoms with Crippen molar-refractivity contribution in [1.29, 1.82) is 0 Å². The van der Waals surface area contributed by atoms with Crippen LogP contribution in [0.25, 0.3) is 11.3 Å². The first-order valence-corrected chi connectivity index (χ1v) is 4.16. The van der Waals surface area contributed by atoms with E-state index in [-0.39, 0.29) is 17.0 Å². The second-order valence-electron chi connectivity index (χ2n) is 2.90. The van der Waals surface area contributed by atoms with Crippen LogP contribution in [0.4, 0.5) is 10.1 Å². The average molecular weight is 207 g/mol. The van der Waals surface area contributed by atoms with E-state index in [1.54, 1.807) is 12.1 Å². The van der Waals surface area contributed by atoms with Gasteiger partial charge in [-0.2, -0.15) is 0 Å². The number of benzene rings is 1. The molecule has 4 nitrogen and oxygen atoms in total. The van der Waals surface area contributed by atoms with Crippen molar-refractivity contribution >= 4 is 5.69 Å². The number of furan rings is 1. The van der Waals surface area contributed by atoms with Crippen LogP contribution in [-0.2, 0) is 0 Å². The minimum Gasteiger partial charge on any atom is -0.464 e. The number of nitro groups is 1. The molecule has 2 rings (SSSR count). The van der Waals surface area contributed by atoms with Gasteiger partial charge in [-0.15, -0.1) is 0 Å². The first-order valence-electron chi connectivity index (χ1n) is 4.16. The normalized spacial score (nSPS) is 10.2.